The van der Waals surface area contributed by atoms with Gasteiger partial charge in [-0.3, -0.25) is 0 Å². The van der Waals surface area contributed by atoms with E-state index in [1.807, 2.05) is 41.5 Å². The first-order valence-corrected chi connectivity index (χ1v) is 12.6. The Balaban J connectivity index is 2.33. The third kappa shape index (κ3) is 7.97. The van der Waals surface area contributed by atoms with E-state index in [1.54, 1.807) is 11.0 Å². The minimum atomic E-state index is -1.39. The van der Waals surface area contributed by atoms with Gasteiger partial charge in [0, 0.05) is 24.7 Å². The van der Waals surface area contributed by atoms with E-state index in [1.165, 1.54) is 12.1 Å². The number of carbonyl (C=O) groups excluding carboxylic acids is 1. The largest absolute Gasteiger partial charge is 0.489 e. The lowest BCUT2D eigenvalue weighted by Crippen LogP contribution is -2.45. The Kier molecular flexibility index (Phi) is 9.36. The number of halogens is 2. The predicted molar refractivity (Wildman–Crippen MR) is 131 cm³/mol. The first-order valence-electron chi connectivity index (χ1n) is 11.1. The zero-order valence-corrected chi connectivity index (χ0v) is 21.9. The quantitative estimate of drug-likeness (QED) is 0.479. The van der Waals surface area contributed by atoms with Crippen molar-refractivity contribution in [2.75, 3.05) is 19.7 Å². The third-order valence-electron chi connectivity index (χ3n) is 5.20. The number of rotatable bonds is 7. The molecule has 2 atom stereocenters. The maximum Gasteiger partial charge on any atom is 0.410 e. The van der Waals surface area contributed by atoms with Gasteiger partial charge in [-0.2, -0.15) is 0 Å². The highest BCUT2D eigenvalue weighted by Gasteiger charge is 2.35. The molecule has 1 amide bonds. The van der Waals surface area contributed by atoms with E-state index in [4.69, 9.17) is 21.1 Å². The Labute approximate surface area is 204 Å². The number of carbonyl (C=O) groups is 1. The van der Waals surface area contributed by atoms with Crippen LogP contribution in [-0.2, 0) is 15.7 Å². The summed E-state index contributed by atoms with van der Waals surface area (Å²) in [6, 6.07) is 2.38. The van der Waals surface area contributed by atoms with Crippen LogP contribution < -0.4 is 9.46 Å². The summed E-state index contributed by atoms with van der Waals surface area (Å²) in [5.74, 6) is -0.243. The van der Waals surface area contributed by atoms with Gasteiger partial charge in [0.15, 0.2) is 0 Å². The number of amides is 1. The molecule has 1 saturated heterocycles. The Bertz CT molecular complexity index is 874. The molecule has 33 heavy (non-hydrogen) atoms. The van der Waals surface area contributed by atoms with Crippen LogP contribution in [0.4, 0.5) is 9.18 Å². The van der Waals surface area contributed by atoms with Crippen LogP contribution in [0.1, 0.15) is 66.0 Å². The van der Waals surface area contributed by atoms with Gasteiger partial charge in [-0.25, -0.2) is 18.1 Å². The molecule has 186 valence electrons. The van der Waals surface area contributed by atoms with E-state index < -0.39 is 33.2 Å². The summed E-state index contributed by atoms with van der Waals surface area (Å²) in [5, 5.41) is -0.0320. The summed E-state index contributed by atoms with van der Waals surface area (Å²) in [7, 11) is -1.39. The summed E-state index contributed by atoms with van der Waals surface area (Å²) in [6.07, 6.45) is 2.52. The molecule has 0 saturated carbocycles. The number of hydrogen-bond donors (Lipinski definition) is 1. The van der Waals surface area contributed by atoms with Crippen molar-refractivity contribution in [2.45, 2.75) is 70.8 Å². The van der Waals surface area contributed by atoms with Crippen LogP contribution in [0.5, 0.6) is 5.75 Å². The first-order chi connectivity index (χ1) is 15.2. The van der Waals surface area contributed by atoms with E-state index in [9.17, 15) is 13.4 Å². The number of hydrogen-bond acceptors (Lipinski definition) is 4. The van der Waals surface area contributed by atoms with Crippen molar-refractivity contribution in [1.82, 2.24) is 9.62 Å². The average Bonchev–Trinajstić information content (AvgIpc) is 2.70. The molecule has 0 radical (unpaired) electrons. The second kappa shape index (κ2) is 11.2. The fraction of sp³-hybridized carbons (Fsp3) is 0.625. The topological polar surface area (TPSA) is 67.9 Å². The van der Waals surface area contributed by atoms with Gasteiger partial charge in [-0.05, 0) is 66.4 Å². The molecule has 1 aromatic rings. The van der Waals surface area contributed by atoms with Crippen molar-refractivity contribution < 1.29 is 22.9 Å². The molecule has 1 aliphatic rings. The number of piperidine rings is 1. The second-order valence-corrected chi connectivity index (χ2v) is 12.6. The molecule has 1 aromatic carbocycles. The van der Waals surface area contributed by atoms with Gasteiger partial charge < -0.3 is 14.4 Å². The van der Waals surface area contributed by atoms with Crippen molar-refractivity contribution in [2.24, 2.45) is 5.92 Å². The molecule has 0 bridgehead atoms. The van der Waals surface area contributed by atoms with Crippen LogP contribution in [0.3, 0.4) is 0 Å². The normalized spacial score (nSPS) is 17.4. The Morgan fingerprint density at radius 2 is 1.91 bits per heavy atom. The van der Waals surface area contributed by atoms with Gasteiger partial charge in [0.2, 0.25) is 0 Å². The zero-order valence-electron chi connectivity index (χ0n) is 20.4. The van der Waals surface area contributed by atoms with E-state index >= 15 is 0 Å². The molecule has 0 aromatic heterocycles. The van der Waals surface area contributed by atoms with Gasteiger partial charge in [-0.15, -0.1) is 0 Å². The molecular weight excluding hydrogens is 467 g/mol. The van der Waals surface area contributed by atoms with Crippen molar-refractivity contribution in [1.29, 1.82) is 0 Å². The molecule has 0 spiro atoms. The van der Waals surface area contributed by atoms with Crippen molar-refractivity contribution in [3.63, 3.8) is 0 Å². The molecule has 1 heterocycles. The number of benzene rings is 1. The highest BCUT2D eigenvalue weighted by Crippen LogP contribution is 2.39. The number of nitrogens with one attached hydrogen (secondary N) is 1. The van der Waals surface area contributed by atoms with E-state index in [0.717, 1.165) is 0 Å². The fourth-order valence-electron chi connectivity index (χ4n) is 3.51. The monoisotopic (exact) mass is 502 g/mol. The van der Waals surface area contributed by atoms with E-state index in [-0.39, 0.29) is 23.6 Å². The molecule has 1 aliphatic heterocycles. The summed E-state index contributed by atoms with van der Waals surface area (Å²) in [6.45, 7) is 16.0. The highest BCUT2D eigenvalue weighted by molar-refractivity contribution is 7.84. The molecule has 1 N–H and O–H groups in total. The lowest BCUT2D eigenvalue weighted by atomic mass is 9.85. The smallest absolute Gasteiger partial charge is 0.410 e. The zero-order chi connectivity index (χ0) is 25.0. The van der Waals surface area contributed by atoms with Crippen LogP contribution in [0.2, 0.25) is 5.02 Å². The van der Waals surface area contributed by atoms with Crippen LogP contribution >= 0.6 is 11.6 Å². The standard InChI is InChI=1S/C24H36ClFN2O4S/c1-8-13-31-20-15-19(26)18(25)14-17(20)21(27-33(30)24(5,6)7)16-9-11-28(12-10-16)22(29)32-23(2,3)4/h8,14-16,21,27H,1,9-13H2,2-7H3/t21-,33?/m1/s1. The number of nitrogens with zero attached hydrogens (tertiary/aromatic N) is 1. The predicted octanol–water partition coefficient (Wildman–Crippen LogP) is 5.78. The van der Waals surface area contributed by atoms with Gasteiger partial charge in [-0.1, -0.05) is 24.3 Å². The van der Waals surface area contributed by atoms with Crippen LogP contribution in [-0.4, -0.2) is 45.2 Å². The molecule has 2 rings (SSSR count). The number of likely N-dealkylation sites (tertiary alicyclic amines) is 1. The minimum Gasteiger partial charge on any atom is -0.489 e. The van der Waals surface area contributed by atoms with Gasteiger partial charge in [0.1, 0.15) is 23.8 Å². The number of ether oxygens (including phenoxy) is 2. The molecule has 1 fully saturated rings. The fourth-order valence-corrected chi connectivity index (χ4v) is 4.58. The van der Waals surface area contributed by atoms with Crippen LogP contribution in [0.25, 0.3) is 0 Å². The summed E-state index contributed by atoms with van der Waals surface area (Å²) >= 11 is 6.13. The minimum absolute atomic E-state index is 0.0163. The maximum absolute atomic E-state index is 14.2. The average molecular weight is 503 g/mol. The van der Waals surface area contributed by atoms with Crippen molar-refractivity contribution in [3.05, 3.63) is 41.2 Å². The third-order valence-corrected chi connectivity index (χ3v) is 7.07. The van der Waals surface area contributed by atoms with Gasteiger partial charge in [0.05, 0.1) is 26.8 Å². The Hall–Kier alpha value is -1.64. The van der Waals surface area contributed by atoms with Crippen LogP contribution in [0, 0.1) is 11.7 Å². The lowest BCUT2D eigenvalue weighted by molar-refractivity contribution is 0.0171. The lowest BCUT2D eigenvalue weighted by Gasteiger charge is -2.38. The first kappa shape index (κ1) is 27.6. The second-order valence-electron chi connectivity index (χ2n) is 10.2. The molecule has 0 aliphatic carbocycles. The van der Waals surface area contributed by atoms with E-state index in [2.05, 4.69) is 11.3 Å². The van der Waals surface area contributed by atoms with Crippen LogP contribution in [0.15, 0.2) is 24.8 Å². The Morgan fingerprint density at radius 1 is 1.30 bits per heavy atom. The molecule has 9 heteroatoms. The maximum atomic E-state index is 14.2. The molecule has 6 nitrogen and oxygen atoms in total. The molecular formula is C24H36ClFN2O4S. The van der Waals surface area contributed by atoms with E-state index in [0.29, 0.717) is 37.2 Å². The Morgan fingerprint density at radius 3 is 2.42 bits per heavy atom. The molecule has 1 unspecified atom stereocenters. The SMILES string of the molecule is C=CCOc1cc(F)c(Cl)cc1[C@H](NS(=O)C(C)(C)C)C1CCN(C(=O)OC(C)(C)C)CC1. The van der Waals surface area contributed by atoms with Crippen molar-refractivity contribution in [3.8, 4) is 5.75 Å². The van der Waals surface area contributed by atoms with Gasteiger partial charge >= 0.3 is 6.09 Å². The summed E-state index contributed by atoms with van der Waals surface area (Å²) in [5.41, 5.74) is 0.0701. The highest BCUT2D eigenvalue weighted by atomic mass is 35.5. The van der Waals surface area contributed by atoms with Gasteiger partial charge in [0.25, 0.3) is 0 Å². The summed E-state index contributed by atoms with van der Waals surface area (Å²) < 4.78 is 41.2. The van der Waals surface area contributed by atoms with Crippen molar-refractivity contribution >= 4 is 28.7 Å². The summed E-state index contributed by atoms with van der Waals surface area (Å²) in [4.78, 5) is 14.2.